The number of nitrogens with zero attached hydrogens (tertiary/aromatic N) is 2. The minimum Gasteiger partial charge on any atom is -0.459 e. The Labute approximate surface area is 150 Å². The molecule has 0 radical (unpaired) electrons. The summed E-state index contributed by atoms with van der Waals surface area (Å²) in [6.45, 7) is 5.41. The zero-order valence-corrected chi connectivity index (χ0v) is 15.0. The number of benzene rings is 1. The summed E-state index contributed by atoms with van der Waals surface area (Å²) in [6, 6.07) is 10.1. The average molecular weight is 354 g/mol. The molecule has 0 aliphatic rings. The third kappa shape index (κ3) is 3.83. The van der Waals surface area contributed by atoms with Crippen LogP contribution in [0.15, 0.2) is 47.4 Å². The lowest BCUT2D eigenvalue weighted by molar-refractivity contribution is -0.156. The first kappa shape index (κ1) is 17.9. The number of esters is 1. The predicted molar refractivity (Wildman–Crippen MR) is 99.2 cm³/mol. The molecule has 0 bridgehead atoms. The van der Waals surface area contributed by atoms with Crippen LogP contribution < -0.4 is 11.4 Å². The molecule has 0 amide bonds. The molecule has 0 unspecified atom stereocenters. The maximum atomic E-state index is 12.2. The van der Waals surface area contributed by atoms with Gasteiger partial charge in [0.25, 0.3) is 0 Å². The highest BCUT2D eigenvalue weighted by atomic mass is 16.6. The first-order chi connectivity index (χ1) is 12.2. The van der Waals surface area contributed by atoms with Crippen molar-refractivity contribution >= 4 is 17.1 Å². The Morgan fingerprint density at radius 3 is 2.62 bits per heavy atom. The SMILES string of the molecule is CC(C)(C)OC(=O)[C@@H](N)Cc1ccc(-n2c(=O)[nH]c3cccnc32)cc1. The molecule has 3 N–H and O–H groups in total. The second-order valence-electron chi connectivity index (χ2n) is 7.15. The molecule has 3 rings (SSSR count). The van der Waals surface area contributed by atoms with Crippen LogP contribution >= 0.6 is 0 Å². The fourth-order valence-electron chi connectivity index (χ4n) is 2.68. The third-order valence-electron chi connectivity index (χ3n) is 3.80. The molecule has 26 heavy (non-hydrogen) atoms. The van der Waals surface area contributed by atoms with Crippen molar-refractivity contribution in [2.24, 2.45) is 5.73 Å². The Hall–Kier alpha value is -2.93. The number of carbonyl (C=O) groups excluding carboxylic acids is 1. The maximum absolute atomic E-state index is 12.2. The van der Waals surface area contributed by atoms with Gasteiger partial charge in [-0.3, -0.25) is 4.79 Å². The Balaban J connectivity index is 1.79. The largest absolute Gasteiger partial charge is 0.459 e. The highest BCUT2D eigenvalue weighted by Crippen LogP contribution is 2.15. The number of nitrogens with two attached hydrogens (primary N) is 1. The molecule has 0 saturated carbocycles. The number of ether oxygens (including phenoxy) is 1. The van der Waals surface area contributed by atoms with E-state index in [0.29, 0.717) is 23.3 Å². The van der Waals surface area contributed by atoms with E-state index in [1.54, 1.807) is 51.2 Å². The Kier molecular flexibility index (Phi) is 4.65. The van der Waals surface area contributed by atoms with Gasteiger partial charge in [0.1, 0.15) is 11.6 Å². The van der Waals surface area contributed by atoms with Crippen molar-refractivity contribution in [3.63, 3.8) is 0 Å². The first-order valence-electron chi connectivity index (χ1n) is 8.38. The van der Waals surface area contributed by atoms with Gasteiger partial charge in [0, 0.05) is 6.20 Å². The van der Waals surface area contributed by atoms with E-state index in [-0.39, 0.29) is 5.69 Å². The Morgan fingerprint density at radius 1 is 1.27 bits per heavy atom. The molecule has 0 aliphatic heterocycles. The third-order valence-corrected chi connectivity index (χ3v) is 3.80. The van der Waals surface area contributed by atoms with Crippen LogP contribution in [0.1, 0.15) is 26.3 Å². The minimum absolute atomic E-state index is 0.253. The molecule has 136 valence electrons. The molecule has 1 atom stereocenters. The smallest absolute Gasteiger partial charge is 0.332 e. The molecule has 0 spiro atoms. The van der Waals surface area contributed by atoms with Crippen molar-refractivity contribution < 1.29 is 9.53 Å². The van der Waals surface area contributed by atoms with E-state index in [1.807, 2.05) is 12.1 Å². The number of carbonyl (C=O) groups is 1. The number of nitrogens with one attached hydrogen (secondary N) is 1. The first-order valence-corrected chi connectivity index (χ1v) is 8.38. The summed E-state index contributed by atoms with van der Waals surface area (Å²) in [5.41, 5.74) is 7.93. The van der Waals surface area contributed by atoms with E-state index < -0.39 is 17.6 Å². The second kappa shape index (κ2) is 6.76. The van der Waals surface area contributed by atoms with Crippen LogP contribution in [0.3, 0.4) is 0 Å². The van der Waals surface area contributed by atoms with Gasteiger partial charge in [0.15, 0.2) is 5.65 Å². The summed E-state index contributed by atoms with van der Waals surface area (Å²) in [6.07, 6.45) is 2.00. The van der Waals surface area contributed by atoms with E-state index in [0.717, 1.165) is 5.56 Å². The van der Waals surface area contributed by atoms with Gasteiger partial charge < -0.3 is 15.5 Å². The Morgan fingerprint density at radius 2 is 1.96 bits per heavy atom. The monoisotopic (exact) mass is 354 g/mol. The topological polar surface area (TPSA) is 103 Å². The highest BCUT2D eigenvalue weighted by Gasteiger charge is 2.22. The van der Waals surface area contributed by atoms with Crippen LogP contribution in [0.25, 0.3) is 16.9 Å². The number of hydrogen-bond donors (Lipinski definition) is 2. The molecule has 0 saturated heterocycles. The number of fused-ring (bicyclic) bond motifs is 1. The molecule has 0 aliphatic carbocycles. The van der Waals surface area contributed by atoms with Gasteiger partial charge in [-0.2, -0.15) is 0 Å². The van der Waals surface area contributed by atoms with Gasteiger partial charge in [-0.15, -0.1) is 0 Å². The van der Waals surface area contributed by atoms with E-state index in [9.17, 15) is 9.59 Å². The highest BCUT2D eigenvalue weighted by molar-refractivity contribution is 5.76. The van der Waals surface area contributed by atoms with E-state index in [4.69, 9.17) is 10.5 Å². The zero-order valence-electron chi connectivity index (χ0n) is 15.0. The van der Waals surface area contributed by atoms with E-state index in [2.05, 4.69) is 9.97 Å². The molecular formula is C19H22N4O3. The van der Waals surface area contributed by atoms with Gasteiger partial charge in [0.2, 0.25) is 0 Å². The van der Waals surface area contributed by atoms with Crippen molar-refractivity contribution in [2.75, 3.05) is 0 Å². The molecule has 7 heteroatoms. The van der Waals surface area contributed by atoms with Crippen molar-refractivity contribution in [3.8, 4) is 5.69 Å². The molecule has 3 aromatic rings. The summed E-state index contributed by atoms with van der Waals surface area (Å²) in [5, 5.41) is 0. The van der Waals surface area contributed by atoms with Crippen molar-refractivity contribution in [3.05, 3.63) is 58.6 Å². The van der Waals surface area contributed by atoms with Gasteiger partial charge >= 0.3 is 11.7 Å². The number of aromatic nitrogens is 3. The molecule has 7 nitrogen and oxygen atoms in total. The van der Waals surface area contributed by atoms with Gasteiger partial charge in [0.05, 0.1) is 11.2 Å². The molecular weight excluding hydrogens is 332 g/mol. The summed E-state index contributed by atoms with van der Waals surface area (Å²) < 4.78 is 6.80. The number of H-pyrrole nitrogens is 1. The summed E-state index contributed by atoms with van der Waals surface area (Å²) in [5.74, 6) is -0.432. The standard InChI is InChI=1S/C19H22N4O3/c1-19(2,3)26-17(24)14(20)11-12-6-8-13(9-7-12)23-16-15(22-18(23)25)5-4-10-21-16/h4-10,14H,11,20H2,1-3H3,(H,22,25)/t14-/m0/s1. The Bertz CT molecular complexity index is 980. The van der Waals surface area contributed by atoms with Crippen LogP contribution in [0.5, 0.6) is 0 Å². The quantitative estimate of drug-likeness (QED) is 0.697. The summed E-state index contributed by atoms with van der Waals surface area (Å²) in [4.78, 5) is 31.2. The van der Waals surface area contributed by atoms with Crippen molar-refractivity contribution in [2.45, 2.75) is 38.8 Å². The number of rotatable bonds is 4. The summed E-state index contributed by atoms with van der Waals surface area (Å²) in [7, 11) is 0. The lowest BCUT2D eigenvalue weighted by atomic mass is 10.1. The van der Waals surface area contributed by atoms with Gasteiger partial charge in [-0.25, -0.2) is 14.3 Å². The normalized spacial score (nSPS) is 12.9. The van der Waals surface area contributed by atoms with E-state index in [1.165, 1.54) is 4.57 Å². The van der Waals surface area contributed by atoms with Crippen LogP contribution in [0, 0.1) is 0 Å². The maximum Gasteiger partial charge on any atom is 0.332 e. The molecule has 0 fully saturated rings. The van der Waals surface area contributed by atoms with Gasteiger partial charge in [-0.1, -0.05) is 12.1 Å². The fraction of sp³-hybridized carbons (Fsp3) is 0.316. The predicted octanol–water partition coefficient (Wildman–Crippen LogP) is 1.93. The summed E-state index contributed by atoms with van der Waals surface area (Å²) >= 11 is 0. The molecule has 2 aromatic heterocycles. The van der Waals surface area contributed by atoms with Crippen LogP contribution in [-0.2, 0) is 16.0 Å². The van der Waals surface area contributed by atoms with Crippen LogP contribution in [0.2, 0.25) is 0 Å². The van der Waals surface area contributed by atoms with Gasteiger partial charge in [-0.05, 0) is 57.0 Å². The number of hydrogen-bond acceptors (Lipinski definition) is 5. The van der Waals surface area contributed by atoms with Crippen LogP contribution in [-0.4, -0.2) is 32.1 Å². The van der Waals surface area contributed by atoms with Crippen molar-refractivity contribution in [1.29, 1.82) is 0 Å². The lowest BCUT2D eigenvalue weighted by Crippen LogP contribution is -2.38. The fourth-order valence-corrected chi connectivity index (χ4v) is 2.68. The van der Waals surface area contributed by atoms with Crippen molar-refractivity contribution in [1.82, 2.24) is 14.5 Å². The minimum atomic E-state index is -0.738. The average Bonchev–Trinajstić information content (AvgIpc) is 2.90. The number of pyridine rings is 1. The number of aromatic amines is 1. The molecule has 1 aromatic carbocycles. The second-order valence-corrected chi connectivity index (χ2v) is 7.15. The van der Waals surface area contributed by atoms with E-state index >= 15 is 0 Å². The zero-order chi connectivity index (χ0) is 18.9. The van der Waals surface area contributed by atoms with Crippen LogP contribution in [0.4, 0.5) is 0 Å². The molecule has 2 heterocycles. The number of imidazole rings is 1. The lowest BCUT2D eigenvalue weighted by Gasteiger charge is -2.22.